The summed E-state index contributed by atoms with van der Waals surface area (Å²) in [6.07, 6.45) is -3.82. The van der Waals surface area contributed by atoms with Crippen LogP contribution in [0.3, 0.4) is 0 Å². The van der Waals surface area contributed by atoms with Crippen molar-refractivity contribution < 1.29 is 26.4 Å². The Labute approximate surface area is 179 Å². The van der Waals surface area contributed by atoms with Gasteiger partial charge in [0.15, 0.2) is 9.84 Å². The molecule has 1 saturated carbocycles. The lowest BCUT2D eigenvalue weighted by Crippen LogP contribution is -2.54. The maximum absolute atomic E-state index is 13.1. The summed E-state index contributed by atoms with van der Waals surface area (Å²) in [5.41, 5.74) is 5.65. The summed E-state index contributed by atoms with van der Waals surface area (Å²) in [4.78, 5) is 12.0. The molecule has 0 unspecified atom stereocenters. The number of hydrogen-bond acceptors (Lipinski definition) is 4. The van der Waals surface area contributed by atoms with Gasteiger partial charge in [0.25, 0.3) is 0 Å². The number of nitrogens with one attached hydrogen (secondary N) is 1. The first kappa shape index (κ1) is 23.3. The molecular weight excluding hydrogens is 429 g/mol. The molecule has 9 heteroatoms. The van der Waals surface area contributed by atoms with Crippen LogP contribution in [0.1, 0.15) is 43.9 Å². The van der Waals surface area contributed by atoms with E-state index in [1.54, 1.807) is 24.3 Å². The van der Waals surface area contributed by atoms with E-state index in [0.717, 1.165) is 12.1 Å². The highest BCUT2D eigenvalue weighted by Gasteiger charge is 2.49. The van der Waals surface area contributed by atoms with Gasteiger partial charge in [0.2, 0.25) is 5.91 Å². The van der Waals surface area contributed by atoms with Crippen molar-refractivity contribution >= 4 is 15.7 Å². The molecular formula is C22H25F3N2O3S. The van der Waals surface area contributed by atoms with E-state index in [-0.39, 0.29) is 22.8 Å². The summed E-state index contributed by atoms with van der Waals surface area (Å²) in [6.45, 7) is 3.03. The predicted molar refractivity (Wildman–Crippen MR) is 111 cm³/mol. The first-order valence-corrected chi connectivity index (χ1v) is 11.3. The number of rotatable bonds is 6. The molecule has 0 bridgehead atoms. The molecule has 1 fully saturated rings. The summed E-state index contributed by atoms with van der Waals surface area (Å²) in [5, 5.41) is 2.83. The Morgan fingerprint density at radius 3 is 2.26 bits per heavy atom. The van der Waals surface area contributed by atoms with Crippen LogP contribution in [0.15, 0.2) is 59.5 Å². The highest BCUT2D eigenvalue weighted by molar-refractivity contribution is 7.92. The fourth-order valence-corrected chi connectivity index (χ4v) is 5.55. The van der Waals surface area contributed by atoms with Crippen molar-refractivity contribution in [2.75, 3.05) is 0 Å². The third kappa shape index (κ3) is 4.62. The molecule has 0 aliphatic heterocycles. The van der Waals surface area contributed by atoms with Gasteiger partial charge in [-0.05, 0) is 56.4 Å². The normalized spacial score (nSPS) is 20.6. The van der Waals surface area contributed by atoms with Gasteiger partial charge in [0.05, 0.1) is 15.2 Å². The van der Waals surface area contributed by atoms with E-state index in [1.807, 2.05) is 6.07 Å². The molecule has 0 radical (unpaired) electrons. The monoisotopic (exact) mass is 454 g/mol. The van der Waals surface area contributed by atoms with Crippen molar-refractivity contribution in [1.29, 1.82) is 0 Å². The molecule has 1 aliphatic rings. The van der Waals surface area contributed by atoms with Gasteiger partial charge < -0.3 is 11.1 Å². The van der Waals surface area contributed by atoms with Crippen LogP contribution >= 0.6 is 0 Å². The molecule has 1 atom stereocenters. The molecule has 0 heterocycles. The average Bonchev–Trinajstić information content (AvgIpc) is 2.69. The minimum atomic E-state index is -4.63. The maximum atomic E-state index is 13.1. The van der Waals surface area contributed by atoms with Crippen LogP contribution in [-0.4, -0.2) is 25.1 Å². The van der Waals surface area contributed by atoms with Crippen molar-refractivity contribution in [1.82, 2.24) is 5.32 Å². The van der Waals surface area contributed by atoms with Crippen molar-refractivity contribution in [3.8, 4) is 0 Å². The average molecular weight is 455 g/mol. The van der Waals surface area contributed by atoms with E-state index in [1.165, 1.54) is 19.9 Å². The van der Waals surface area contributed by atoms with Crippen LogP contribution in [0.4, 0.5) is 13.2 Å². The van der Waals surface area contributed by atoms with Gasteiger partial charge in [0, 0.05) is 6.04 Å². The maximum Gasteiger partial charge on any atom is 0.416 e. The van der Waals surface area contributed by atoms with Gasteiger partial charge in [-0.25, -0.2) is 8.42 Å². The van der Waals surface area contributed by atoms with E-state index in [2.05, 4.69) is 5.32 Å². The van der Waals surface area contributed by atoms with E-state index in [9.17, 15) is 26.4 Å². The topological polar surface area (TPSA) is 89.3 Å². The van der Waals surface area contributed by atoms with Gasteiger partial charge >= 0.3 is 6.18 Å². The standard InChI is InChI=1S/C22H25F3N2O3S/c1-21(2,31(29,30)18-10-6-9-15(13-18)22(23,24)25)16-11-17(12-16)27-20(28)19(26)14-7-4-3-5-8-14/h3-10,13,16-17,19H,11-12,26H2,1-2H3,(H,27,28)/t16-,17+,19-/m1/s1. The summed E-state index contributed by atoms with van der Waals surface area (Å²) < 4.78 is 63.9. The molecule has 3 N–H and O–H groups in total. The molecule has 31 heavy (non-hydrogen) atoms. The third-order valence-corrected chi connectivity index (χ3v) is 8.67. The van der Waals surface area contributed by atoms with Crippen molar-refractivity contribution in [3.05, 3.63) is 65.7 Å². The van der Waals surface area contributed by atoms with Crippen LogP contribution in [0.25, 0.3) is 0 Å². The summed E-state index contributed by atoms with van der Waals surface area (Å²) >= 11 is 0. The van der Waals surface area contributed by atoms with Crippen LogP contribution < -0.4 is 11.1 Å². The molecule has 3 rings (SSSR count). The highest BCUT2D eigenvalue weighted by Crippen LogP contribution is 2.44. The zero-order chi connectivity index (χ0) is 23.0. The van der Waals surface area contributed by atoms with Gasteiger partial charge in [-0.15, -0.1) is 0 Å². The minimum absolute atomic E-state index is 0.233. The van der Waals surface area contributed by atoms with E-state index in [0.29, 0.717) is 24.5 Å². The Balaban J connectivity index is 1.67. The largest absolute Gasteiger partial charge is 0.416 e. The lowest BCUT2D eigenvalue weighted by molar-refractivity contribution is -0.137. The first-order chi connectivity index (χ1) is 14.3. The number of carbonyl (C=O) groups is 1. The van der Waals surface area contributed by atoms with Gasteiger partial charge in [-0.2, -0.15) is 13.2 Å². The molecule has 0 spiro atoms. The van der Waals surface area contributed by atoms with Crippen LogP contribution in [-0.2, 0) is 20.8 Å². The number of hydrogen-bond donors (Lipinski definition) is 2. The smallest absolute Gasteiger partial charge is 0.352 e. The fraction of sp³-hybridized carbons (Fsp3) is 0.409. The fourth-order valence-electron chi connectivity index (χ4n) is 3.77. The van der Waals surface area contributed by atoms with Crippen molar-refractivity contribution in [2.45, 2.75) is 54.6 Å². The molecule has 2 aromatic carbocycles. The molecule has 1 amide bonds. The summed E-state index contributed by atoms with van der Waals surface area (Å²) in [7, 11) is -4.03. The zero-order valence-corrected chi connectivity index (χ0v) is 18.0. The van der Waals surface area contributed by atoms with Crippen LogP contribution in [0.2, 0.25) is 0 Å². The Bertz CT molecular complexity index is 1050. The molecule has 0 aromatic heterocycles. The number of amides is 1. The number of sulfone groups is 1. The van der Waals surface area contributed by atoms with E-state index >= 15 is 0 Å². The summed E-state index contributed by atoms with van der Waals surface area (Å²) in [6, 6.07) is 11.6. The molecule has 5 nitrogen and oxygen atoms in total. The number of nitrogens with two attached hydrogens (primary N) is 1. The Morgan fingerprint density at radius 2 is 1.68 bits per heavy atom. The molecule has 168 valence electrons. The van der Waals surface area contributed by atoms with Crippen molar-refractivity contribution in [2.24, 2.45) is 11.7 Å². The zero-order valence-electron chi connectivity index (χ0n) is 17.2. The minimum Gasteiger partial charge on any atom is -0.352 e. The second-order valence-corrected chi connectivity index (χ2v) is 10.9. The third-order valence-electron chi connectivity index (χ3n) is 6.07. The second-order valence-electron chi connectivity index (χ2n) is 8.39. The first-order valence-electron chi connectivity index (χ1n) is 9.87. The number of halogens is 3. The number of alkyl halides is 3. The number of carbonyl (C=O) groups excluding carboxylic acids is 1. The lowest BCUT2D eigenvalue weighted by atomic mass is 9.73. The molecule has 1 aliphatic carbocycles. The molecule has 2 aromatic rings. The second kappa shape index (κ2) is 8.27. The molecule has 0 saturated heterocycles. The quantitative estimate of drug-likeness (QED) is 0.694. The van der Waals surface area contributed by atoms with Crippen LogP contribution in [0.5, 0.6) is 0 Å². The Kier molecular flexibility index (Phi) is 6.21. The highest BCUT2D eigenvalue weighted by atomic mass is 32.2. The van der Waals surface area contributed by atoms with Crippen LogP contribution in [0, 0.1) is 5.92 Å². The van der Waals surface area contributed by atoms with E-state index < -0.39 is 32.4 Å². The lowest BCUT2D eigenvalue weighted by Gasteiger charge is -2.45. The SMILES string of the molecule is CC(C)([C@H]1C[C@@H](NC(=O)[C@H](N)c2ccccc2)C1)S(=O)(=O)c1cccc(C(F)(F)F)c1. The summed E-state index contributed by atoms with van der Waals surface area (Å²) in [5.74, 6) is -0.668. The van der Waals surface area contributed by atoms with Gasteiger partial charge in [-0.1, -0.05) is 36.4 Å². The van der Waals surface area contributed by atoms with Gasteiger partial charge in [-0.3, -0.25) is 4.79 Å². The van der Waals surface area contributed by atoms with Gasteiger partial charge in [0.1, 0.15) is 6.04 Å². The Morgan fingerprint density at radius 1 is 1.06 bits per heavy atom. The predicted octanol–water partition coefficient (Wildman–Crippen LogP) is 3.85. The van der Waals surface area contributed by atoms with E-state index in [4.69, 9.17) is 5.73 Å². The number of benzene rings is 2. The van der Waals surface area contributed by atoms with Crippen molar-refractivity contribution in [3.63, 3.8) is 0 Å². The Hall–Kier alpha value is -2.39.